The summed E-state index contributed by atoms with van der Waals surface area (Å²) >= 11 is 0. The SMILES string of the molecule is C.COc1cc2c(cc1OC)-c1cc(=Nc3c(C)cc(C)cc3C)n(CCNC(N)=O)c(=O)n1CC2. The smallest absolute Gasteiger partial charge is 0.330 e. The van der Waals surface area contributed by atoms with Crippen molar-refractivity contribution in [3.05, 3.63) is 68.6 Å². The summed E-state index contributed by atoms with van der Waals surface area (Å²) in [4.78, 5) is 29.9. The summed E-state index contributed by atoms with van der Waals surface area (Å²) in [5, 5.41) is 2.56. The molecule has 1 aromatic heterocycles. The third kappa shape index (κ3) is 5.00. The van der Waals surface area contributed by atoms with Crippen LogP contribution in [0.4, 0.5) is 10.5 Å². The minimum absolute atomic E-state index is 0. The lowest BCUT2D eigenvalue weighted by molar-refractivity contribution is 0.248. The van der Waals surface area contributed by atoms with E-state index < -0.39 is 6.03 Å². The Bertz CT molecular complexity index is 1410. The molecule has 1 aliphatic heterocycles. The molecule has 0 atom stereocenters. The quantitative estimate of drug-likeness (QED) is 0.548. The maximum atomic E-state index is 13.7. The van der Waals surface area contributed by atoms with E-state index in [1.807, 2.05) is 39.0 Å². The number of aromatic nitrogens is 2. The maximum absolute atomic E-state index is 13.7. The molecule has 2 amide bonds. The molecule has 9 heteroatoms. The summed E-state index contributed by atoms with van der Waals surface area (Å²) in [6.07, 6.45) is 0.675. The molecule has 2 aromatic carbocycles. The van der Waals surface area contributed by atoms with Gasteiger partial charge in [0.1, 0.15) is 5.49 Å². The second-order valence-electron chi connectivity index (χ2n) is 8.74. The highest BCUT2D eigenvalue weighted by molar-refractivity contribution is 5.71. The first kappa shape index (κ1) is 26.6. The van der Waals surface area contributed by atoms with Crippen LogP contribution in [0, 0.1) is 20.8 Å². The number of carbonyl (C=O) groups is 1. The van der Waals surface area contributed by atoms with Crippen molar-refractivity contribution in [2.45, 2.75) is 47.7 Å². The Morgan fingerprint density at radius 2 is 1.69 bits per heavy atom. The van der Waals surface area contributed by atoms with E-state index in [9.17, 15) is 9.59 Å². The molecule has 3 aromatic rings. The van der Waals surface area contributed by atoms with Gasteiger partial charge in [-0.15, -0.1) is 0 Å². The zero-order chi connectivity index (χ0) is 25.3. The van der Waals surface area contributed by atoms with Gasteiger partial charge in [-0.2, -0.15) is 0 Å². The Labute approximate surface area is 211 Å². The number of carbonyl (C=O) groups excluding carboxylic acids is 1. The molecule has 0 aliphatic carbocycles. The lowest BCUT2D eigenvalue weighted by Gasteiger charge is -2.24. The molecule has 1 aliphatic rings. The number of nitrogens with one attached hydrogen (secondary N) is 1. The van der Waals surface area contributed by atoms with Gasteiger partial charge in [-0.05, 0) is 56.0 Å². The van der Waals surface area contributed by atoms with E-state index in [1.165, 1.54) is 0 Å². The maximum Gasteiger partial charge on any atom is 0.330 e. The number of primary amides is 1. The van der Waals surface area contributed by atoms with E-state index in [-0.39, 0.29) is 26.2 Å². The Kier molecular flexibility index (Phi) is 7.92. The van der Waals surface area contributed by atoms with Gasteiger partial charge in [0.25, 0.3) is 0 Å². The van der Waals surface area contributed by atoms with Crippen molar-refractivity contribution >= 4 is 11.7 Å². The molecule has 2 heterocycles. The molecule has 0 fully saturated rings. The van der Waals surface area contributed by atoms with E-state index in [1.54, 1.807) is 23.4 Å². The number of ether oxygens (including phenoxy) is 2. The average Bonchev–Trinajstić information content (AvgIpc) is 2.81. The van der Waals surface area contributed by atoms with Crippen LogP contribution in [0.2, 0.25) is 0 Å². The Morgan fingerprint density at radius 3 is 2.31 bits per heavy atom. The van der Waals surface area contributed by atoms with Crippen LogP contribution >= 0.6 is 0 Å². The first-order chi connectivity index (χ1) is 16.7. The number of fused-ring (bicyclic) bond motifs is 3. The second kappa shape index (κ2) is 10.7. The lowest BCUT2D eigenvalue weighted by Crippen LogP contribution is -2.44. The summed E-state index contributed by atoms with van der Waals surface area (Å²) in [6.45, 7) is 7.03. The lowest BCUT2D eigenvalue weighted by atomic mass is 9.97. The highest BCUT2D eigenvalue weighted by Crippen LogP contribution is 2.37. The minimum atomic E-state index is -0.637. The molecule has 0 saturated carbocycles. The van der Waals surface area contributed by atoms with E-state index in [0.29, 0.717) is 30.0 Å². The number of rotatable bonds is 6. The van der Waals surface area contributed by atoms with Crippen LogP contribution in [0.15, 0.2) is 40.1 Å². The molecule has 4 rings (SSSR count). The summed E-state index contributed by atoms with van der Waals surface area (Å²) in [6, 6.07) is 9.30. The highest BCUT2D eigenvalue weighted by atomic mass is 16.5. The first-order valence-corrected chi connectivity index (χ1v) is 11.5. The van der Waals surface area contributed by atoms with Crippen molar-refractivity contribution in [1.29, 1.82) is 0 Å². The highest BCUT2D eigenvalue weighted by Gasteiger charge is 2.22. The largest absolute Gasteiger partial charge is 0.493 e. The molecule has 0 spiro atoms. The topological polar surface area (TPSA) is 113 Å². The van der Waals surface area contributed by atoms with Gasteiger partial charge in [0.05, 0.1) is 25.6 Å². The van der Waals surface area contributed by atoms with Gasteiger partial charge < -0.3 is 20.5 Å². The predicted molar refractivity (Wildman–Crippen MR) is 141 cm³/mol. The van der Waals surface area contributed by atoms with E-state index >= 15 is 0 Å². The number of methoxy groups -OCH3 is 2. The Balaban J connectivity index is 0.00000361. The predicted octanol–water partition coefficient (Wildman–Crippen LogP) is 3.35. The van der Waals surface area contributed by atoms with Crippen molar-refractivity contribution in [1.82, 2.24) is 14.5 Å². The molecular weight excluding hydrogens is 458 g/mol. The first-order valence-electron chi connectivity index (χ1n) is 11.5. The Hall–Kier alpha value is -4.01. The van der Waals surface area contributed by atoms with Crippen molar-refractivity contribution < 1.29 is 14.3 Å². The summed E-state index contributed by atoms with van der Waals surface area (Å²) in [7, 11) is 3.20. The van der Waals surface area contributed by atoms with Crippen molar-refractivity contribution in [2.24, 2.45) is 10.7 Å². The monoisotopic (exact) mass is 493 g/mol. The molecule has 0 radical (unpaired) electrons. The van der Waals surface area contributed by atoms with Gasteiger partial charge in [-0.1, -0.05) is 25.1 Å². The third-order valence-electron chi connectivity index (χ3n) is 6.28. The molecule has 0 bridgehead atoms. The molecule has 0 unspecified atom stereocenters. The number of nitrogens with zero attached hydrogens (tertiary/aromatic N) is 3. The molecule has 36 heavy (non-hydrogen) atoms. The van der Waals surface area contributed by atoms with E-state index in [4.69, 9.17) is 20.2 Å². The molecule has 192 valence electrons. The van der Waals surface area contributed by atoms with Crippen LogP contribution in [0.3, 0.4) is 0 Å². The van der Waals surface area contributed by atoms with Gasteiger partial charge in [0.2, 0.25) is 0 Å². The number of hydrogen-bond donors (Lipinski definition) is 2. The summed E-state index contributed by atoms with van der Waals surface area (Å²) < 4.78 is 14.3. The number of hydrogen-bond acceptors (Lipinski definition) is 5. The fourth-order valence-corrected chi connectivity index (χ4v) is 4.72. The minimum Gasteiger partial charge on any atom is -0.493 e. The number of aryl methyl sites for hydroxylation is 4. The van der Waals surface area contributed by atoms with Crippen LogP contribution in [-0.4, -0.2) is 35.9 Å². The van der Waals surface area contributed by atoms with Gasteiger partial charge in [-0.25, -0.2) is 14.6 Å². The van der Waals surface area contributed by atoms with Gasteiger partial charge in [0, 0.05) is 31.3 Å². The van der Waals surface area contributed by atoms with Crippen molar-refractivity contribution in [3.8, 4) is 22.8 Å². The molecule has 3 N–H and O–H groups in total. The summed E-state index contributed by atoms with van der Waals surface area (Å²) in [5.41, 5.74) is 12.3. The van der Waals surface area contributed by atoms with Crippen LogP contribution in [-0.2, 0) is 19.5 Å². The molecule has 9 nitrogen and oxygen atoms in total. The van der Waals surface area contributed by atoms with Gasteiger partial charge in [-0.3, -0.25) is 9.13 Å². The van der Waals surface area contributed by atoms with Crippen molar-refractivity contribution in [3.63, 3.8) is 0 Å². The second-order valence-corrected chi connectivity index (χ2v) is 8.74. The van der Waals surface area contributed by atoms with Crippen LogP contribution in [0.25, 0.3) is 11.3 Å². The fraction of sp³-hybridized carbons (Fsp3) is 0.370. The normalized spacial score (nSPS) is 12.3. The van der Waals surface area contributed by atoms with Crippen LogP contribution < -0.4 is 31.7 Å². The summed E-state index contributed by atoms with van der Waals surface area (Å²) in [5.74, 6) is 1.25. The van der Waals surface area contributed by atoms with E-state index in [0.717, 1.165) is 39.2 Å². The van der Waals surface area contributed by atoms with Gasteiger partial charge >= 0.3 is 11.7 Å². The average molecular weight is 494 g/mol. The standard InChI is InChI=1S/C26H31N5O4.CH4/c1-15-10-16(2)24(17(3)11-15)29-23-14-20-19-13-22(35-5)21(34-4)12-18(19)6-8-30(20)26(33)31(23)9-7-28-25(27)32;/h10-14H,6-9H2,1-5H3,(H3,27,28,32);1H4. The fourth-order valence-electron chi connectivity index (χ4n) is 4.72. The zero-order valence-corrected chi connectivity index (χ0v) is 20.8. The van der Waals surface area contributed by atoms with Gasteiger partial charge in [0.15, 0.2) is 11.5 Å². The van der Waals surface area contributed by atoms with E-state index in [2.05, 4.69) is 17.4 Å². The van der Waals surface area contributed by atoms with Crippen molar-refractivity contribution in [2.75, 3.05) is 20.8 Å². The number of urea groups is 1. The third-order valence-corrected chi connectivity index (χ3v) is 6.28. The van der Waals surface area contributed by atoms with Crippen LogP contribution in [0.1, 0.15) is 29.7 Å². The number of amides is 2. The number of nitrogens with two attached hydrogens (primary N) is 1. The molecular formula is C27H35N5O4. The number of benzene rings is 2. The van der Waals surface area contributed by atoms with Crippen LogP contribution in [0.5, 0.6) is 11.5 Å². The Morgan fingerprint density at radius 1 is 1.06 bits per heavy atom. The molecule has 0 saturated heterocycles. The zero-order valence-electron chi connectivity index (χ0n) is 20.8.